The lowest BCUT2D eigenvalue weighted by Gasteiger charge is -2.31. The first-order valence-corrected chi connectivity index (χ1v) is 7.52. The largest absolute Gasteiger partial charge is 0.494 e. The van der Waals surface area contributed by atoms with Gasteiger partial charge in [0.25, 0.3) is 0 Å². The monoisotopic (exact) mass is 262 g/mol. The number of benzene rings is 1. The van der Waals surface area contributed by atoms with E-state index in [2.05, 4.69) is 23.1 Å². The summed E-state index contributed by atoms with van der Waals surface area (Å²) in [5.74, 6) is 0.990. The van der Waals surface area contributed by atoms with E-state index in [1.54, 1.807) is 0 Å². The van der Waals surface area contributed by atoms with Crippen molar-refractivity contribution in [3.8, 4) is 5.75 Å². The van der Waals surface area contributed by atoms with E-state index in [0.29, 0.717) is 19.2 Å². The zero-order valence-corrected chi connectivity index (χ0v) is 12.0. The zero-order valence-electron chi connectivity index (χ0n) is 12.0. The molecule has 2 rings (SSSR count). The molecule has 1 unspecified atom stereocenters. The minimum absolute atomic E-state index is 0.292. The van der Waals surface area contributed by atoms with Crippen molar-refractivity contribution in [3.63, 3.8) is 0 Å². The molecule has 0 aliphatic carbocycles. The van der Waals surface area contributed by atoms with E-state index in [-0.39, 0.29) is 0 Å². The molecule has 2 N–H and O–H groups in total. The highest BCUT2D eigenvalue weighted by Gasteiger charge is 2.22. The Hall–Kier alpha value is -1.06. The quantitative estimate of drug-likeness (QED) is 0.886. The highest BCUT2D eigenvalue weighted by atomic mass is 16.5. The van der Waals surface area contributed by atoms with Gasteiger partial charge in [0, 0.05) is 12.1 Å². The van der Waals surface area contributed by atoms with Gasteiger partial charge in [0.05, 0.1) is 12.6 Å². The van der Waals surface area contributed by atoms with E-state index < -0.39 is 0 Å². The van der Waals surface area contributed by atoms with Crippen LogP contribution in [0.4, 0.5) is 0 Å². The van der Waals surface area contributed by atoms with Crippen LogP contribution >= 0.6 is 0 Å². The summed E-state index contributed by atoms with van der Waals surface area (Å²) < 4.78 is 5.76. The molecular weight excluding hydrogens is 236 g/mol. The SMILES string of the molecule is CCOc1ccccc1C(CN)N1CCCCCC1. The highest BCUT2D eigenvalue weighted by Crippen LogP contribution is 2.30. The van der Waals surface area contributed by atoms with E-state index >= 15 is 0 Å². The van der Waals surface area contributed by atoms with Gasteiger partial charge in [-0.15, -0.1) is 0 Å². The van der Waals surface area contributed by atoms with Crippen molar-refractivity contribution in [1.82, 2.24) is 4.90 Å². The fourth-order valence-corrected chi connectivity index (χ4v) is 2.92. The topological polar surface area (TPSA) is 38.5 Å². The summed E-state index contributed by atoms with van der Waals surface area (Å²) in [6.45, 7) is 5.70. The molecule has 1 aliphatic heterocycles. The lowest BCUT2D eigenvalue weighted by Crippen LogP contribution is -2.34. The Labute approximate surface area is 116 Å². The minimum atomic E-state index is 0.292. The van der Waals surface area contributed by atoms with Gasteiger partial charge in [0.2, 0.25) is 0 Å². The smallest absolute Gasteiger partial charge is 0.124 e. The highest BCUT2D eigenvalue weighted by molar-refractivity contribution is 5.36. The Kier molecular flexibility index (Phi) is 5.67. The van der Waals surface area contributed by atoms with Crippen LogP contribution in [0.15, 0.2) is 24.3 Å². The average Bonchev–Trinajstić information content (AvgIpc) is 2.71. The number of ether oxygens (including phenoxy) is 1. The molecule has 1 saturated heterocycles. The summed E-state index contributed by atoms with van der Waals surface area (Å²) in [7, 11) is 0. The Morgan fingerprint density at radius 1 is 1.16 bits per heavy atom. The molecule has 1 aromatic carbocycles. The predicted molar refractivity (Wildman–Crippen MR) is 79.4 cm³/mol. The van der Waals surface area contributed by atoms with E-state index in [1.165, 1.54) is 31.2 Å². The molecule has 3 heteroatoms. The molecular formula is C16H26N2O. The number of hydrogen-bond acceptors (Lipinski definition) is 3. The maximum absolute atomic E-state index is 6.05. The van der Waals surface area contributed by atoms with Crippen LogP contribution in [0.3, 0.4) is 0 Å². The van der Waals surface area contributed by atoms with Crippen molar-refractivity contribution in [2.45, 2.75) is 38.6 Å². The molecule has 0 bridgehead atoms. The van der Waals surface area contributed by atoms with Crippen molar-refractivity contribution in [3.05, 3.63) is 29.8 Å². The second-order valence-electron chi connectivity index (χ2n) is 5.17. The van der Waals surface area contributed by atoms with Crippen LogP contribution in [-0.4, -0.2) is 31.1 Å². The van der Waals surface area contributed by atoms with Crippen molar-refractivity contribution in [2.24, 2.45) is 5.73 Å². The van der Waals surface area contributed by atoms with Crippen LogP contribution in [0.2, 0.25) is 0 Å². The van der Waals surface area contributed by atoms with Crippen molar-refractivity contribution in [1.29, 1.82) is 0 Å². The second kappa shape index (κ2) is 7.51. The summed E-state index contributed by atoms with van der Waals surface area (Å²) >= 11 is 0. The van der Waals surface area contributed by atoms with Gasteiger partial charge in [-0.3, -0.25) is 4.90 Å². The Morgan fingerprint density at radius 3 is 2.47 bits per heavy atom. The third-order valence-electron chi connectivity index (χ3n) is 3.88. The molecule has 0 amide bonds. The number of nitrogens with zero attached hydrogens (tertiary/aromatic N) is 1. The predicted octanol–water partition coefficient (Wildman–Crippen LogP) is 2.96. The summed E-state index contributed by atoms with van der Waals surface area (Å²) in [4.78, 5) is 2.53. The molecule has 1 aliphatic rings. The molecule has 0 aromatic heterocycles. The van der Waals surface area contributed by atoms with Gasteiger partial charge in [-0.05, 0) is 38.9 Å². The normalized spacial score (nSPS) is 18.8. The first-order chi connectivity index (χ1) is 9.36. The van der Waals surface area contributed by atoms with E-state index in [9.17, 15) is 0 Å². The minimum Gasteiger partial charge on any atom is -0.494 e. The van der Waals surface area contributed by atoms with E-state index in [4.69, 9.17) is 10.5 Å². The molecule has 1 aromatic rings. The summed E-state index contributed by atoms with van der Waals surface area (Å²) in [6.07, 6.45) is 5.27. The maximum Gasteiger partial charge on any atom is 0.124 e. The number of likely N-dealkylation sites (tertiary alicyclic amines) is 1. The molecule has 1 atom stereocenters. The van der Waals surface area contributed by atoms with E-state index in [0.717, 1.165) is 18.8 Å². The number of para-hydroxylation sites is 1. The fourth-order valence-electron chi connectivity index (χ4n) is 2.92. The van der Waals surface area contributed by atoms with Crippen LogP contribution in [-0.2, 0) is 0 Å². The van der Waals surface area contributed by atoms with Gasteiger partial charge < -0.3 is 10.5 Å². The van der Waals surface area contributed by atoms with Crippen LogP contribution < -0.4 is 10.5 Å². The first-order valence-electron chi connectivity index (χ1n) is 7.52. The third kappa shape index (κ3) is 3.71. The number of hydrogen-bond donors (Lipinski definition) is 1. The molecule has 19 heavy (non-hydrogen) atoms. The fraction of sp³-hybridized carbons (Fsp3) is 0.625. The Bertz CT molecular complexity index is 373. The van der Waals surface area contributed by atoms with Gasteiger partial charge in [-0.1, -0.05) is 31.0 Å². The first kappa shape index (κ1) is 14.4. The van der Waals surface area contributed by atoms with Crippen LogP contribution in [0, 0.1) is 0 Å². The van der Waals surface area contributed by atoms with Crippen LogP contribution in [0.1, 0.15) is 44.2 Å². The van der Waals surface area contributed by atoms with Crippen molar-refractivity contribution in [2.75, 3.05) is 26.2 Å². The second-order valence-corrected chi connectivity index (χ2v) is 5.17. The Morgan fingerprint density at radius 2 is 1.84 bits per heavy atom. The third-order valence-corrected chi connectivity index (χ3v) is 3.88. The number of nitrogens with two attached hydrogens (primary N) is 1. The molecule has 0 saturated carbocycles. The van der Waals surface area contributed by atoms with E-state index in [1.807, 2.05) is 13.0 Å². The van der Waals surface area contributed by atoms with Crippen molar-refractivity contribution < 1.29 is 4.74 Å². The molecule has 1 heterocycles. The molecule has 3 nitrogen and oxygen atoms in total. The maximum atomic E-state index is 6.05. The summed E-state index contributed by atoms with van der Waals surface area (Å²) in [5, 5.41) is 0. The summed E-state index contributed by atoms with van der Waals surface area (Å²) in [6, 6.07) is 8.62. The van der Waals surface area contributed by atoms with Crippen LogP contribution in [0.5, 0.6) is 5.75 Å². The summed E-state index contributed by atoms with van der Waals surface area (Å²) in [5.41, 5.74) is 7.30. The lowest BCUT2D eigenvalue weighted by molar-refractivity contribution is 0.203. The number of rotatable bonds is 5. The lowest BCUT2D eigenvalue weighted by atomic mass is 10.0. The van der Waals surface area contributed by atoms with Gasteiger partial charge in [0.15, 0.2) is 0 Å². The molecule has 1 fully saturated rings. The zero-order chi connectivity index (χ0) is 13.5. The molecule has 106 valence electrons. The van der Waals surface area contributed by atoms with Crippen molar-refractivity contribution >= 4 is 0 Å². The van der Waals surface area contributed by atoms with Gasteiger partial charge in [-0.25, -0.2) is 0 Å². The van der Waals surface area contributed by atoms with Gasteiger partial charge >= 0.3 is 0 Å². The Balaban J connectivity index is 2.20. The average molecular weight is 262 g/mol. The van der Waals surface area contributed by atoms with Gasteiger partial charge in [0.1, 0.15) is 5.75 Å². The van der Waals surface area contributed by atoms with Gasteiger partial charge in [-0.2, -0.15) is 0 Å². The standard InChI is InChI=1S/C16H26N2O/c1-2-19-16-10-6-5-9-14(16)15(13-17)18-11-7-3-4-8-12-18/h5-6,9-10,15H,2-4,7-8,11-13,17H2,1H3. The van der Waals surface area contributed by atoms with Crippen LogP contribution in [0.25, 0.3) is 0 Å². The molecule has 0 radical (unpaired) electrons. The molecule has 0 spiro atoms.